The van der Waals surface area contributed by atoms with Crippen LogP contribution in [0.4, 0.5) is 24.5 Å². The van der Waals surface area contributed by atoms with Gasteiger partial charge in [-0.2, -0.15) is 24.5 Å². The maximum absolute atomic E-state index is 12.8. The monoisotopic (exact) mass is 301 g/mol. The molecular formula is C12H10F3N3OS. The summed E-state index contributed by atoms with van der Waals surface area (Å²) < 4.78 is 38.5. The molecule has 0 aliphatic heterocycles. The van der Waals surface area contributed by atoms with Gasteiger partial charge in [-0.1, -0.05) is 6.07 Å². The zero-order valence-electron chi connectivity index (χ0n) is 9.99. The second-order valence-corrected chi connectivity index (χ2v) is 4.62. The molecule has 1 amide bonds. The molecule has 1 aromatic carbocycles. The van der Waals surface area contributed by atoms with E-state index in [1.54, 1.807) is 16.8 Å². The number of para-hydroxylation sites is 1. The number of nitrogens with two attached hydrogens (primary N) is 1. The van der Waals surface area contributed by atoms with E-state index in [0.717, 1.165) is 12.1 Å². The molecule has 106 valence electrons. The molecule has 0 fully saturated rings. The summed E-state index contributed by atoms with van der Waals surface area (Å²) in [5, 5.41) is 5.91. The van der Waals surface area contributed by atoms with E-state index in [0.29, 0.717) is 5.69 Å². The fraction of sp³-hybridized carbons (Fsp3) is 0.0833. The SMILES string of the molecule is NNc1c(C(=O)Nc2ccsc2)cccc1C(F)(F)F. The Morgan fingerprint density at radius 1 is 1.25 bits per heavy atom. The molecule has 0 unspecified atom stereocenters. The first kappa shape index (κ1) is 14.4. The van der Waals surface area contributed by atoms with Crippen LogP contribution in [-0.4, -0.2) is 5.91 Å². The smallest absolute Gasteiger partial charge is 0.323 e. The molecule has 0 bridgehead atoms. The summed E-state index contributed by atoms with van der Waals surface area (Å²) in [5.74, 6) is 4.47. The van der Waals surface area contributed by atoms with E-state index in [4.69, 9.17) is 5.84 Å². The number of amides is 1. The molecule has 4 N–H and O–H groups in total. The highest BCUT2D eigenvalue weighted by Gasteiger charge is 2.35. The predicted molar refractivity (Wildman–Crippen MR) is 71.5 cm³/mol. The number of rotatable bonds is 3. The van der Waals surface area contributed by atoms with E-state index in [-0.39, 0.29) is 5.56 Å². The molecule has 4 nitrogen and oxygen atoms in total. The molecular weight excluding hydrogens is 291 g/mol. The number of thiophene rings is 1. The van der Waals surface area contributed by atoms with Gasteiger partial charge < -0.3 is 10.7 Å². The third-order valence-electron chi connectivity index (χ3n) is 2.54. The third-order valence-corrected chi connectivity index (χ3v) is 3.22. The van der Waals surface area contributed by atoms with Crippen LogP contribution < -0.4 is 16.6 Å². The molecule has 8 heteroatoms. The predicted octanol–water partition coefficient (Wildman–Crippen LogP) is 3.30. The number of carbonyl (C=O) groups is 1. The van der Waals surface area contributed by atoms with Gasteiger partial charge in [-0.25, -0.2) is 0 Å². The Kier molecular flexibility index (Phi) is 3.96. The summed E-state index contributed by atoms with van der Waals surface area (Å²) in [6, 6.07) is 4.93. The van der Waals surface area contributed by atoms with Crippen molar-refractivity contribution >= 4 is 28.6 Å². The quantitative estimate of drug-likeness (QED) is 0.602. The molecule has 2 aromatic rings. The molecule has 0 saturated carbocycles. The van der Waals surface area contributed by atoms with Gasteiger partial charge >= 0.3 is 6.18 Å². The van der Waals surface area contributed by atoms with Gasteiger partial charge in [0.2, 0.25) is 0 Å². The number of anilines is 2. The van der Waals surface area contributed by atoms with E-state index in [2.05, 4.69) is 5.32 Å². The van der Waals surface area contributed by atoms with Crippen molar-refractivity contribution in [1.82, 2.24) is 0 Å². The summed E-state index contributed by atoms with van der Waals surface area (Å²) in [6.45, 7) is 0. The minimum atomic E-state index is -4.60. The zero-order valence-corrected chi connectivity index (χ0v) is 10.8. The van der Waals surface area contributed by atoms with Crippen molar-refractivity contribution in [3.63, 3.8) is 0 Å². The number of carbonyl (C=O) groups excluding carboxylic acids is 1. The Morgan fingerprint density at radius 2 is 2.00 bits per heavy atom. The summed E-state index contributed by atoms with van der Waals surface area (Å²) in [4.78, 5) is 12.0. The molecule has 0 spiro atoms. The highest BCUT2D eigenvalue weighted by Crippen LogP contribution is 2.36. The standard InChI is InChI=1S/C12H10F3N3OS/c13-12(14,15)9-3-1-2-8(10(9)18-16)11(19)17-7-4-5-20-6-7/h1-6,18H,16H2,(H,17,19). The average molecular weight is 301 g/mol. The number of nitrogens with one attached hydrogen (secondary N) is 2. The summed E-state index contributed by atoms with van der Waals surface area (Å²) in [7, 11) is 0. The normalized spacial score (nSPS) is 11.2. The number of alkyl halides is 3. The van der Waals surface area contributed by atoms with E-state index in [1.165, 1.54) is 17.4 Å². The van der Waals surface area contributed by atoms with Gasteiger partial charge in [-0.05, 0) is 23.6 Å². The maximum atomic E-state index is 12.8. The minimum absolute atomic E-state index is 0.173. The minimum Gasteiger partial charge on any atom is -0.323 e. The van der Waals surface area contributed by atoms with Crippen LogP contribution in [0.1, 0.15) is 15.9 Å². The van der Waals surface area contributed by atoms with E-state index in [1.807, 2.05) is 5.43 Å². The van der Waals surface area contributed by atoms with Crippen LogP contribution >= 0.6 is 11.3 Å². The van der Waals surface area contributed by atoms with Crippen molar-refractivity contribution in [3.8, 4) is 0 Å². The van der Waals surface area contributed by atoms with Gasteiger partial charge in [0.15, 0.2) is 0 Å². The molecule has 1 heterocycles. The fourth-order valence-corrected chi connectivity index (χ4v) is 2.26. The second-order valence-electron chi connectivity index (χ2n) is 3.84. The van der Waals surface area contributed by atoms with Gasteiger partial charge in [-0.3, -0.25) is 10.6 Å². The van der Waals surface area contributed by atoms with Crippen LogP contribution in [0, 0.1) is 0 Å². The Balaban J connectivity index is 2.39. The Bertz CT molecular complexity index is 611. The van der Waals surface area contributed by atoms with Crippen molar-refractivity contribution in [2.75, 3.05) is 10.7 Å². The number of benzene rings is 1. The Hall–Kier alpha value is -2.06. The lowest BCUT2D eigenvalue weighted by molar-refractivity contribution is -0.137. The molecule has 2 rings (SSSR count). The molecule has 0 aliphatic carbocycles. The second kappa shape index (κ2) is 5.51. The third kappa shape index (κ3) is 2.91. The van der Waals surface area contributed by atoms with Crippen molar-refractivity contribution in [1.29, 1.82) is 0 Å². The van der Waals surface area contributed by atoms with Gasteiger partial charge in [-0.15, -0.1) is 0 Å². The van der Waals surface area contributed by atoms with E-state index >= 15 is 0 Å². The van der Waals surface area contributed by atoms with Crippen LogP contribution in [0.25, 0.3) is 0 Å². The van der Waals surface area contributed by atoms with Gasteiger partial charge in [0.1, 0.15) is 0 Å². The summed E-state index contributed by atoms with van der Waals surface area (Å²) in [5.41, 5.74) is 0.855. The van der Waals surface area contributed by atoms with Gasteiger partial charge in [0, 0.05) is 5.38 Å². The van der Waals surface area contributed by atoms with Crippen molar-refractivity contribution in [3.05, 3.63) is 46.2 Å². The zero-order chi connectivity index (χ0) is 14.8. The summed E-state index contributed by atoms with van der Waals surface area (Å²) in [6.07, 6.45) is -4.60. The maximum Gasteiger partial charge on any atom is 0.418 e. The van der Waals surface area contributed by atoms with Crippen molar-refractivity contribution < 1.29 is 18.0 Å². The lowest BCUT2D eigenvalue weighted by atomic mass is 10.1. The van der Waals surface area contributed by atoms with Gasteiger partial charge in [0.25, 0.3) is 5.91 Å². The lowest BCUT2D eigenvalue weighted by Gasteiger charge is -2.15. The first-order valence-electron chi connectivity index (χ1n) is 5.44. The average Bonchev–Trinajstić information content (AvgIpc) is 2.89. The van der Waals surface area contributed by atoms with Crippen molar-refractivity contribution in [2.45, 2.75) is 6.18 Å². The van der Waals surface area contributed by atoms with Crippen LogP contribution in [0.15, 0.2) is 35.0 Å². The van der Waals surface area contributed by atoms with Gasteiger partial charge in [0.05, 0.1) is 22.5 Å². The molecule has 20 heavy (non-hydrogen) atoms. The lowest BCUT2D eigenvalue weighted by Crippen LogP contribution is -2.21. The van der Waals surface area contributed by atoms with E-state index in [9.17, 15) is 18.0 Å². The first-order valence-corrected chi connectivity index (χ1v) is 6.38. The number of nitrogen functional groups attached to an aromatic ring is 1. The fourth-order valence-electron chi connectivity index (χ4n) is 1.67. The number of halogens is 3. The molecule has 1 aromatic heterocycles. The number of hydrogen-bond acceptors (Lipinski definition) is 4. The molecule has 0 atom stereocenters. The Labute approximate surface area is 116 Å². The highest BCUT2D eigenvalue weighted by molar-refractivity contribution is 7.08. The van der Waals surface area contributed by atoms with Crippen molar-refractivity contribution in [2.24, 2.45) is 5.84 Å². The molecule has 0 radical (unpaired) electrons. The Morgan fingerprint density at radius 3 is 2.55 bits per heavy atom. The molecule has 0 saturated heterocycles. The first-order chi connectivity index (χ1) is 9.43. The van der Waals surface area contributed by atoms with Crippen LogP contribution in [0.5, 0.6) is 0 Å². The largest absolute Gasteiger partial charge is 0.418 e. The topological polar surface area (TPSA) is 67.1 Å². The highest BCUT2D eigenvalue weighted by atomic mass is 32.1. The van der Waals surface area contributed by atoms with Crippen LogP contribution in [-0.2, 0) is 6.18 Å². The number of hydrazine groups is 1. The summed E-state index contributed by atoms with van der Waals surface area (Å²) >= 11 is 1.36. The molecule has 0 aliphatic rings. The van der Waals surface area contributed by atoms with Crippen LogP contribution in [0.2, 0.25) is 0 Å². The van der Waals surface area contributed by atoms with E-state index < -0.39 is 23.3 Å². The van der Waals surface area contributed by atoms with Crippen LogP contribution in [0.3, 0.4) is 0 Å². The number of hydrogen-bond donors (Lipinski definition) is 3.